The summed E-state index contributed by atoms with van der Waals surface area (Å²) in [5.41, 5.74) is 8.24. The smallest absolute Gasteiger partial charge is 0.412 e. The quantitative estimate of drug-likeness (QED) is 0.122. The Morgan fingerprint density at radius 3 is 0.781 bits per heavy atom. The minimum Gasteiger partial charge on any atom is -0.412 e. The van der Waals surface area contributed by atoms with Crippen molar-refractivity contribution < 1.29 is 175 Å². The average molecular weight is 2090 g/mol. The molecule has 0 saturated carbocycles. The van der Waals surface area contributed by atoms with Gasteiger partial charge in [0.1, 0.15) is 0 Å². The van der Waals surface area contributed by atoms with Crippen LogP contribution in [-0.4, -0.2) is 22.7 Å². The minimum atomic E-state index is 0. The van der Waals surface area contributed by atoms with Crippen molar-refractivity contribution in [2.75, 3.05) is 6.61 Å². The van der Waals surface area contributed by atoms with Crippen LogP contribution >= 0.6 is 0 Å². The summed E-state index contributed by atoms with van der Waals surface area (Å²) in [4.78, 5) is 0. The van der Waals surface area contributed by atoms with Crippen LogP contribution in [0.2, 0.25) is 0 Å². The standard InChI is InChI=1S/C18H20.3C10H13.C8H7.C3H8.C2H6O.2CH3.2H2O.6W.Y/c1-3-16(18-12-8-5-9-13-18)14-15(2)17-10-6-4-7-11-17;3*1-3-9(2)10-7-5-4-6-8-10;1-2-8-6-4-3-5-7-8;1-3-2;1-2-3;;;;;;;;;;;/h6-13,15-16H,3,14H2,1-2H3;3*5-9H,3H2,1-2H3;2,4-7H,1H2;3H2,1-2H3;3H,2H2,1H3;2*1H3;2*1H2;;;;;;;/q-2;4*-1;;;2*-1;;;;;;;2*+2;. The molecule has 0 aliphatic rings. The predicted octanol–water partition coefficient (Wildman–Crippen LogP) is 16.8. The van der Waals surface area contributed by atoms with Gasteiger partial charge in [0.05, 0.1) is 0 Å². The molecule has 10 heteroatoms. The summed E-state index contributed by atoms with van der Waals surface area (Å²) in [6.07, 6.45) is 9.09. The summed E-state index contributed by atoms with van der Waals surface area (Å²) in [5.74, 6) is 3.30. The molecule has 3 nitrogen and oxygen atoms in total. The second kappa shape index (κ2) is 72.2. The Morgan fingerprint density at radius 2 is 0.603 bits per heavy atom. The molecule has 0 saturated heterocycles. The summed E-state index contributed by atoms with van der Waals surface area (Å²) < 4.78 is 0. The molecule has 0 aromatic heterocycles. The monoisotopic (exact) mass is 2090 g/mol. The molecule has 6 aromatic rings. The van der Waals surface area contributed by atoms with Crippen LogP contribution in [0.4, 0.5) is 0 Å². The molecular formula is C63H90O3W6Y-4. The first-order valence-corrected chi connectivity index (χ1v) is 23.1. The summed E-state index contributed by atoms with van der Waals surface area (Å²) >= 11 is 0. The van der Waals surface area contributed by atoms with Crippen molar-refractivity contribution in [1.82, 2.24) is 0 Å². The molecule has 0 spiro atoms. The van der Waals surface area contributed by atoms with Crippen LogP contribution in [0.25, 0.3) is 6.08 Å². The molecule has 1 radical (unpaired) electrons. The molecule has 0 aliphatic heterocycles. The molecule has 6 rings (SSSR count). The van der Waals surface area contributed by atoms with Gasteiger partial charge in [-0.3, -0.25) is 0 Å². The summed E-state index contributed by atoms with van der Waals surface area (Å²) in [6.45, 7) is 27.7. The van der Waals surface area contributed by atoms with Crippen molar-refractivity contribution in [2.45, 2.75) is 144 Å². The van der Waals surface area contributed by atoms with E-state index in [9.17, 15) is 0 Å². The number of hydrogen-bond acceptors (Lipinski definition) is 1. The maximum atomic E-state index is 7.57. The average Bonchev–Trinajstić information content (AvgIpc) is 3.35. The fourth-order valence-corrected chi connectivity index (χ4v) is 5.93. The van der Waals surface area contributed by atoms with Crippen molar-refractivity contribution >= 4 is 6.08 Å². The second-order valence-electron chi connectivity index (χ2n) is 15.4. The molecule has 0 fully saturated rings. The summed E-state index contributed by atoms with van der Waals surface area (Å²) in [5, 5.41) is 7.57. The predicted molar refractivity (Wildman–Crippen MR) is 293 cm³/mol. The van der Waals surface area contributed by atoms with Gasteiger partial charge in [-0.1, -0.05) is 107 Å². The van der Waals surface area contributed by atoms with Gasteiger partial charge in [-0.25, -0.2) is 0 Å². The van der Waals surface area contributed by atoms with Gasteiger partial charge in [0.25, 0.3) is 0 Å². The SMILES string of the molecule is C=Cc1cc[c-]cc1.CCC.CCC(C)c1cc[c-]cc1.CCC(C)c1cc[c-]cc1.CCC(C)c1cc[c-]cc1.CCC(CC(C)c1cc[c-]cc1)c1cc[c-]cc1.CCO.O.O.[CH3-].[CH3-].[W+2].[W+2].[W].[W].[W].[W].[Y]. The maximum Gasteiger partial charge on any atom is 2.00 e. The van der Waals surface area contributed by atoms with Gasteiger partial charge < -0.3 is 30.9 Å². The van der Waals surface area contributed by atoms with E-state index in [1.807, 2.05) is 91.0 Å². The third-order valence-electron chi connectivity index (χ3n) is 10.4. The first-order valence-electron chi connectivity index (χ1n) is 23.1. The van der Waals surface area contributed by atoms with E-state index in [1.54, 1.807) is 6.92 Å². The molecule has 6 aromatic carbocycles. The Kier molecular flexibility index (Phi) is 101. The fraction of sp³-hybridized carbons (Fsp3) is 0.365. The molecule has 0 heterocycles. The molecular weight excluding hydrogens is 2000 g/mol. The van der Waals surface area contributed by atoms with Gasteiger partial charge in [0, 0.05) is 124 Å². The Morgan fingerprint density at radius 1 is 0.411 bits per heavy atom. The van der Waals surface area contributed by atoms with Gasteiger partial charge in [0.15, 0.2) is 0 Å². The van der Waals surface area contributed by atoms with E-state index in [2.05, 4.69) is 173 Å². The van der Waals surface area contributed by atoms with E-state index in [0.29, 0.717) is 29.6 Å². The number of aliphatic hydroxyl groups excluding tert-OH is 1. The van der Waals surface area contributed by atoms with Gasteiger partial charge in [0.2, 0.25) is 0 Å². The van der Waals surface area contributed by atoms with Crippen LogP contribution in [-0.2, 0) is 159 Å². The summed E-state index contributed by atoms with van der Waals surface area (Å²) in [7, 11) is 0. The second-order valence-corrected chi connectivity index (χ2v) is 15.4. The zero-order valence-corrected chi connectivity index (χ0v) is 66.9. The van der Waals surface area contributed by atoms with Gasteiger partial charge in [-0.2, -0.15) is 210 Å². The van der Waals surface area contributed by atoms with E-state index < -0.39 is 0 Å². The molecule has 403 valence electrons. The largest absolute Gasteiger partial charge is 2.00 e. The first kappa shape index (κ1) is 102. The Balaban J connectivity index is -0.0000000611. The van der Waals surface area contributed by atoms with Gasteiger partial charge in [-0.15, -0.1) is 12.1 Å². The van der Waals surface area contributed by atoms with E-state index >= 15 is 0 Å². The molecule has 5 atom stereocenters. The molecule has 0 amide bonds. The third kappa shape index (κ3) is 52.6. The number of rotatable bonds is 12. The van der Waals surface area contributed by atoms with Crippen LogP contribution in [0.1, 0.15) is 178 Å². The van der Waals surface area contributed by atoms with E-state index in [-0.39, 0.29) is 192 Å². The Labute approximate surface area is 561 Å². The number of hydrogen-bond donors (Lipinski definition) is 1. The van der Waals surface area contributed by atoms with Crippen LogP contribution in [0.3, 0.4) is 0 Å². The van der Waals surface area contributed by atoms with Crippen LogP contribution in [0.5, 0.6) is 0 Å². The molecule has 0 bridgehead atoms. The zero-order valence-electron chi connectivity index (χ0n) is 46.5. The molecule has 0 aliphatic carbocycles. The van der Waals surface area contributed by atoms with Crippen molar-refractivity contribution in [3.8, 4) is 0 Å². The van der Waals surface area contributed by atoms with E-state index in [4.69, 9.17) is 5.11 Å². The zero-order chi connectivity index (χ0) is 46.2. The normalized spacial score (nSPS) is 10.2. The Hall–Kier alpha value is 0.174. The third-order valence-corrected chi connectivity index (χ3v) is 10.4. The van der Waals surface area contributed by atoms with Crippen molar-refractivity contribution in [2.24, 2.45) is 0 Å². The van der Waals surface area contributed by atoms with Crippen LogP contribution in [0.15, 0.2) is 152 Å². The maximum absolute atomic E-state index is 7.57. The number of aliphatic hydroxyl groups is 1. The van der Waals surface area contributed by atoms with Crippen LogP contribution < -0.4 is 0 Å². The van der Waals surface area contributed by atoms with Gasteiger partial charge >= 0.3 is 42.1 Å². The molecule has 5 N–H and O–H groups in total. The minimum absolute atomic E-state index is 0. The first-order chi connectivity index (χ1) is 30.1. The van der Waals surface area contributed by atoms with Crippen LogP contribution in [0, 0.1) is 51.3 Å². The van der Waals surface area contributed by atoms with Gasteiger partial charge in [-0.05, 0) is 42.9 Å². The van der Waals surface area contributed by atoms with Crippen molar-refractivity contribution in [3.63, 3.8) is 0 Å². The molecule has 5 unspecified atom stereocenters. The van der Waals surface area contributed by atoms with Crippen molar-refractivity contribution in [1.29, 1.82) is 0 Å². The van der Waals surface area contributed by atoms with E-state index in [0.717, 1.165) is 5.56 Å². The number of benzene rings is 6. The topological polar surface area (TPSA) is 83.2 Å². The summed E-state index contributed by atoms with van der Waals surface area (Å²) in [6, 6.07) is 67.2. The van der Waals surface area contributed by atoms with Crippen molar-refractivity contribution in [3.05, 3.63) is 237 Å². The van der Waals surface area contributed by atoms with E-state index in [1.165, 1.54) is 66.3 Å². The fourth-order valence-electron chi connectivity index (χ4n) is 5.93. The molecule has 73 heavy (non-hydrogen) atoms. The Bertz CT molecular complexity index is 1720.